The molecule has 180 valence electrons. The van der Waals surface area contributed by atoms with Crippen molar-refractivity contribution in [2.75, 3.05) is 11.9 Å². The van der Waals surface area contributed by atoms with Crippen molar-refractivity contribution in [1.82, 2.24) is 4.98 Å². The summed E-state index contributed by atoms with van der Waals surface area (Å²) >= 11 is 0. The van der Waals surface area contributed by atoms with Gasteiger partial charge in [-0.25, -0.2) is 0 Å². The zero-order chi connectivity index (χ0) is 24.7. The van der Waals surface area contributed by atoms with Gasteiger partial charge in [-0.15, -0.1) is 13.2 Å². The molecule has 1 heterocycles. The number of carbonyl (C=O) groups is 1. The summed E-state index contributed by atoms with van der Waals surface area (Å²) in [5, 5.41) is 2.80. The molecule has 0 radical (unpaired) electrons. The number of alkyl halides is 3. The number of nitrogens with zero attached hydrogens (tertiary/aromatic N) is 1. The van der Waals surface area contributed by atoms with Crippen LogP contribution < -0.4 is 14.8 Å². The molecule has 1 unspecified atom stereocenters. The van der Waals surface area contributed by atoms with Gasteiger partial charge in [-0.05, 0) is 68.8 Å². The van der Waals surface area contributed by atoms with E-state index in [1.807, 2.05) is 13.8 Å². The van der Waals surface area contributed by atoms with Gasteiger partial charge in [0.25, 0.3) is 5.91 Å². The summed E-state index contributed by atoms with van der Waals surface area (Å²) in [4.78, 5) is 17.2. The molecule has 3 rings (SSSR count). The number of benzene rings is 2. The van der Waals surface area contributed by atoms with Crippen LogP contribution in [-0.4, -0.2) is 23.9 Å². The Morgan fingerprint density at radius 2 is 1.74 bits per heavy atom. The highest BCUT2D eigenvalue weighted by atomic mass is 19.4. The molecule has 6 nitrogen and oxygen atoms in total. The number of aryl methyl sites for hydroxylation is 1. The van der Waals surface area contributed by atoms with E-state index in [0.29, 0.717) is 29.3 Å². The van der Waals surface area contributed by atoms with Crippen LogP contribution in [0.15, 0.2) is 60.7 Å². The highest BCUT2D eigenvalue weighted by Gasteiger charge is 2.31. The first-order valence-electron chi connectivity index (χ1n) is 10.7. The van der Waals surface area contributed by atoms with Crippen LogP contribution in [0.2, 0.25) is 0 Å². The topological polar surface area (TPSA) is 69.7 Å². The van der Waals surface area contributed by atoms with Crippen LogP contribution in [0.3, 0.4) is 0 Å². The fourth-order valence-corrected chi connectivity index (χ4v) is 3.10. The predicted octanol–water partition coefficient (Wildman–Crippen LogP) is 6.82. The summed E-state index contributed by atoms with van der Waals surface area (Å²) in [6.45, 7) is 6.35. The quantitative estimate of drug-likeness (QED) is 0.368. The van der Waals surface area contributed by atoms with Crippen LogP contribution in [0.5, 0.6) is 17.2 Å². The Kier molecular flexibility index (Phi) is 8.12. The van der Waals surface area contributed by atoms with Gasteiger partial charge in [-0.1, -0.05) is 13.0 Å². The molecule has 0 saturated heterocycles. The molecule has 2 aromatic carbocycles. The Bertz CT molecular complexity index is 1120. The molecule has 1 N–H and O–H groups in total. The van der Waals surface area contributed by atoms with E-state index < -0.39 is 6.36 Å². The predicted molar refractivity (Wildman–Crippen MR) is 121 cm³/mol. The normalized spacial score (nSPS) is 12.2. The lowest BCUT2D eigenvalue weighted by atomic mass is 10.1. The van der Waals surface area contributed by atoms with Gasteiger partial charge in [0.15, 0.2) is 0 Å². The van der Waals surface area contributed by atoms with E-state index in [0.717, 1.165) is 18.2 Å². The second kappa shape index (κ2) is 11.0. The Balaban J connectivity index is 1.62. The zero-order valence-corrected chi connectivity index (χ0v) is 19.0. The van der Waals surface area contributed by atoms with Gasteiger partial charge < -0.3 is 19.5 Å². The summed E-state index contributed by atoms with van der Waals surface area (Å²) in [6, 6.07) is 15.1. The van der Waals surface area contributed by atoms with E-state index in [4.69, 9.17) is 9.47 Å². The molecule has 0 saturated carbocycles. The molecule has 1 atom stereocenters. The number of halogens is 3. The first-order chi connectivity index (χ1) is 16.1. The van der Waals surface area contributed by atoms with Crippen LogP contribution in [0.25, 0.3) is 0 Å². The molecule has 1 amide bonds. The number of ether oxygens (including phenoxy) is 3. The Hall–Kier alpha value is -3.59. The molecular weight excluding hydrogens is 449 g/mol. The van der Waals surface area contributed by atoms with E-state index in [9.17, 15) is 18.0 Å². The van der Waals surface area contributed by atoms with Crippen molar-refractivity contribution in [2.45, 2.75) is 39.7 Å². The molecule has 0 spiro atoms. The van der Waals surface area contributed by atoms with Crippen molar-refractivity contribution in [1.29, 1.82) is 0 Å². The number of anilines is 1. The summed E-state index contributed by atoms with van der Waals surface area (Å²) in [7, 11) is 0. The van der Waals surface area contributed by atoms with Crippen molar-refractivity contribution >= 4 is 11.6 Å². The number of hydrogen-bond acceptors (Lipinski definition) is 5. The van der Waals surface area contributed by atoms with E-state index in [-0.39, 0.29) is 23.5 Å². The molecule has 1 aromatic heterocycles. The maximum atomic E-state index is 12.7. The van der Waals surface area contributed by atoms with Crippen LogP contribution in [-0.2, 0) is 4.74 Å². The van der Waals surface area contributed by atoms with E-state index in [1.165, 1.54) is 18.2 Å². The van der Waals surface area contributed by atoms with Crippen LogP contribution in [0, 0.1) is 6.92 Å². The highest BCUT2D eigenvalue weighted by molar-refractivity contribution is 6.05. The number of hydrogen-bond donors (Lipinski definition) is 1. The molecular formula is C25H25F3N2O4. The summed E-state index contributed by atoms with van der Waals surface area (Å²) < 4.78 is 52.3. The third-order valence-corrected chi connectivity index (χ3v) is 4.73. The number of amides is 1. The third-order valence-electron chi connectivity index (χ3n) is 4.73. The molecule has 34 heavy (non-hydrogen) atoms. The first-order valence-corrected chi connectivity index (χ1v) is 10.7. The molecule has 0 aliphatic heterocycles. The lowest BCUT2D eigenvalue weighted by Gasteiger charge is -2.14. The smallest absolute Gasteiger partial charge is 0.457 e. The van der Waals surface area contributed by atoms with Crippen LogP contribution >= 0.6 is 0 Å². The molecule has 0 fully saturated rings. The van der Waals surface area contributed by atoms with Gasteiger partial charge >= 0.3 is 6.36 Å². The van der Waals surface area contributed by atoms with Gasteiger partial charge in [-0.2, -0.15) is 0 Å². The largest absolute Gasteiger partial charge is 0.573 e. The molecule has 0 bridgehead atoms. The second-order valence-corrected chi connectivity index (χ2v) is 7.49. The average molecular weight is 474 g/mol. The van der Waals surface area contributed by atoms with E-state index in [2.05, 4.69) is 15.0 Å². The highest BCUT2D eigenvalue weighted by Crippen LogP contribution is 2.29. The van der Waals surface area contributed by atoms with Crippen molar-refractivity contribution in [3.63, 3.8) is 0 Å². The minimum absolute atomic E-state index is 0.163. The summed E-state index contributed by atoms with van der Waals surface area (Å²) in [5.41, 5.74) is 2.31. The molecule has 0 aliphatic rings. The van der Waals surface area contributed by atoms with Crippen molar-refractivity contribution in [2.24, 2.45) is 0 Å². The van der Waals surface area contributed by atoms with Gasteiger partial charge in [0.05, 0.1) is 23.1 Å². The minimum atomic E-state index is -4.78. The first kappa shape index (κ1) is 25.0. The van der Waals surface area contributed by atoms with E-state index >= 15 is 0 Å². The minimum Gasteiger partial charge on any atom is -0.457 e. The number of carbonyl (C=O) groups excluding carboxylic acids is 1. The van der Waals surface area contributed by atoms with Gasteiger partial charge in [0.2, 0.25) is 0 Å². The SMILES string of the molecule is CCCOC(C)c1ccc(C(=O)Nc2ccc(Oc3cccc(OC(F)(F)F)c3)cc2)c(C)n1. The number of rotatable bonds is 9. The Morgan fingerprint density at radius 3 is 2.38 bits per heavy atom. The number of nitrogens with one attached hydrogen (secondary N) is 1. The lowest BCUT2D eigenvalue weighted by molar-refractivity contribution is -0.274. The zero-order valence-electron chi connectivity index (χ0n) is 19.0. The summed E-state index contributed by atoms with van der Waals surface area (Å²) in [6.07, 6.45) is -4.04. The lowest BCUT2D eigenvalue weighted by Crippen LogP contribution is -2.17. The summed E-state index contributed by atoms with van der Waals surface area (Å²) in [5.74, 6) is -0.137. The molecule has 9 heteroatoms. The molecule has 3 aromatic rings. The standard InChI is InChI=1S/C25H25F3N2O4/c1-4-14-32-17(3)23-13-12-22(16(2)29-23)24(31)30-18-8-10-19(11-9-18)33-20-6-5-7-21(15-20)34-25(26,27)28/h5-13,15,17H,4,14H2,1-3H3,(H,30,31). The van der Waals surface area contributed by atoms with Crippen LogP contribution in [0.4, 0.5) is 18.9 Å². The second-order valence-electron chi connectivity index (χ2n) is 7.49. The Morgan fingerprint density at radius 1 is 1.03 bits per heavy atom. The maximum absolute atomic E-state index is 12.7. The number of pyridine rings is 1. The average Bonchev–Trinajstić information content (AvgIpc) is 2.77. The van der Waals surface area contributed by atoms with Crippen LogP contribution in [0.1, 0.15) is 48.1 Å². The van der Waals surface area contributed by atoms with Gasteiger partial charge in [0, 0.05) is 18.4 Å². The van der Waals surface area contributed by atoms with Gasteiger partial charge in [-0.3, -0.25) is 9.78 Å². The number of aromatic nitrogens is 1. The fraction of sp³-hybridized carbons (Fsp3) is 0.280. The molecule has 0 aliphatic carbocycles. The van der Waals surface area contributed by atoms with E-state index in [1.54, 1.807) is 43.3 Å². The van der Waals surface area contributed by atoms with Crippen molar-refractivity contribution in [3.05, 3.63) is 77.6 Å². The monoisotopic (exact) mass is 474 g/mol. The third kappa shape index (κ3) is 7.21. The Labute approximate surface area is 195 Å². The van der Waals surface area contributed by atoms with Crippen molar-refractivity contribution in [3.8, 4) is 17.2 Å². The maximum Gasteiger partial charge on any atom is 0.573 e. The van der Waals surface area contributed by atoms with Crippen molar-refractivity contribution < 1.29 is 32.2 Å². The fourth-order valence-electron chi connectivity index (χ4n) is 3.10. The van der Waals surface area contributed by atoms with Gasteiger partial charge in [0.1, 0.15) is 17.2 Å².